The molecule has 0 saturated heterocycles. The molecule has 0 radical (unpaired) electrons. The van der Waals surface area contributed by atoms with Gasteiger partial charge in [-0.1, -0.05) is 56.9 Å². The van der Waals surface area contributed by atoms with Crippen molar-refractivity contribution in [2.24, 2.45) is 5.92 Å². The first-order chi connectivity index (χ1) is 10.2. The summed E-state index contributed by atoms with van der Waals surface area (Å²) in [5, 5.41) is 12.4. The molecule has 1 N–H and O–H groups in total. The van der Waals surface area contributed by atoms with E-state index < -0.39 is 0 Å². The molecule has 21 heavy (non-hydrogen) atoms. The van der Waals surface area contributed by atoms with E-state index >= 15 is 0 Å². The summed E-state index contributed by atoms with van der Waals surface area (Å²) in [7, 11) is 0. The Hall–Kier alpha value is -1.59. The van der Waals surface area contributed by atoms with Crippen molar-refractivity contribution in [3.63, 3.8) is 0 Å². The fourth-order valence-corrected chi connectivity index (χ4v) is 2.98. The second-order valence-electron chi connectivity index (χ2n) is 6.32. The molecule has 1 fully saturated rings. The number of hydrogen-bond acceptors (Lipinski definition) is 2. The lowest BCUT2D eigenvalue weighted by molar-refractivity contribution is 0.394. The lowest BCUT2D eigenvalue weighted by Gasteiger charge is -2.25. The Labute approximate surface area is 128 Å². The van der Waals surface area contributed by atoms with Crippen molar-refractivity contribution in [3.05, 3.63) is 41.0 Å². The number of nitrogens with one attached hydrogen (secondary N) is 1. The third-order valence-corrected chi connectivity index (χ3v) is 4.24. The largest absolute Gasteiger partial charge is 0.311 e. The van der Waals surface area contributed by atoms with Crippen molar-refractivity contribution in [1.82, 2.24) is 5.32 Å². The zero-order valence-electron chi connectivity index (χ0n) is 13.2. The minimum absolute atomic E-state index is 0.512. The molecule has 1 aliphatic rings. The van der Waals surface area contributed by atoms with E-state index in [1.807, 2.05) is 12.1 Å². The maximum Gasteiger partial charge on any atom is 0.0991 e. The van der Waals surface area contributed by atoms with Crippen LogP contribution in [-0.4, -0.2) is 12.6 Å². The molecule has 0 aliphatic heterocycles. The minimum atomic E-state index is 0.512. The monoisotopic (exact) mass is 282 g/mol. The van der Waals surface area contributed by atoms with Crippen LogP contribution >= 0.6 is 0 Å². The molecule has 0 heterocycles. The zero-order valence-corrected chi connectivity index (χ0v) is 13.2. The standard InChI is InChI=1S/C19H26N2/c1-15(2)21-14-19(18-6-4-3-5-7-18)12-16-8-10-17(13-20)11-9-16/h8-12,15,18,21H,3-7,14H2,1-2H3/b19-12-. The predicted molar refractivity (Wildman–Crippen MR) is 88.8 cm³/mol. The highest BCUT2D eigenvalue weighted by molar-refractivity contribution is 5.55. The number of rotatable bonds is 5. The van der Waals surface area contributed by atoms with Crippen molar-refractivity contribution in [3.8, 4) is 6.07 Å². The van der Waals surface area contributed by atoms with Crippen LogP contribution in [0.15, 0.2) is 29.8 Å². The molecular formula is C19H26N2. The van der Waals surface area contributed by atoms with E-state index in [-0.39, 0.29) is 0 Å². The van der Waals surface area contributed by atoms with Gasteiger partial charge in [0.1, 0.15) is 0 Å². The van der Waals surface area contributed by atoms with Gasteiger partial charge in [0.05, 0.1) is 11.6 Å². The Kier molecular flexibility index (Phi) is 6.02. The number of nitriles is 1. The third kappa shape index (κ3) is 5.02. The van der Waals surface area contributed by atoms with Crippen molar-refractivity contribution >= 4 is 6.08 Å². The first kappa shape index (κ1) is 15.8. The van der Waals surface area contributed by atoms with Crippen LogP contribution in [0.4, 0.5) is 0 Å². The fourth-order valence-electron chi connectivity index (χ4n) is 2.98. The highest BCUT2D eigenvalue weighted by Gasteiger charge is 2.17. The summed E-state index contributed by atoms with van der Waals surface area (Å²) in [6.45, 7) is 5.36. The molecule has 0 bridgehead atoms. The molecule has 0 amide bonds. The average molecular weight is 282 g/mol. The van der Waals surface area contributed by atoms with Gasteiger partial charge < -0.3 is 5.32 Å². The third-order valence-electron chi connectivity index (χ3n) is 4.24. The van der Waals surface area contributed by atoms with Crippen LogP contribution < -0.4 is 5.32 Å². The van der Waals surface area contributed by atoms with Gasteiger partial charge in [-0.3, -0.25) is 0 Å². The van der Waals surface area contributed by atoms with E-state index in [2.05, 4.69) is 43.4 Å². The highest BCUT2D eigenvalue weighted by atomic mass is 14.9. The topological polar surface area (TPSA) is 35.8 Å². The van der Waals surface area contributed by atoms with Crippen molar-refractivity contribution in [1.29, 1.82) is 5.26 Å². The lowest BCUT2D eigenvalue weighted by Crippen LogP contribution is -2.27. The van der Waals surface area contributed by atoms with E-state index in [4.69, 9.17) is 5.26 Å². The SMILES string of the molecule is CC(C)NC/C(=C/c1ccc(C#N)cc1)C1CCCCC1. The molecule has 0 aromatic heterocycles. The van der Waals surface area contributed by atoms with Crippen LogP contribution in [0, 0.1) is 17.2 Å². The number of benzene rings is 1. The van der Waals surface area contributed by atoms with Crippen LogP contribution in [-0.2, 0) is 0 Å². The van der Waals surface area contributed by atoms with E-state index in [0.29, 0.717) is 6.04 Å². The van der Waals surface area contributed by atoms with E-state index in [1.54, 1.807) is 0 Å². The second kappa shape index (κ2) is 8.00. The van der Waals surface area contributed by atoms with Gasteiger partial charge in [0.25, 0.3) is 0 Å². The Balaban J connectivity index is 2.15. The van der Waals surface area contributed by atoms with Crippen LogP contribution in [0.2, 0.25) is 0 Å². The minimum Gasteiger partial charge on any atom is -0.311 e. The summed E-state index contributed by atoms with van der Waals surface area (Å²) >= 11 is 0. The van der Waals surface area contributed by atoms with Gasteiger partial charge in [-0.2, -0.15) is 5.26 Å². The number of nitrogens with zero attached hydrogens (tertiary/aromatic N) is 1. The summed E-state index contributed by atoms with van der Waals surface area (Å²) in [4.78, 5) is 0. The zero-order chi connectivity index (χ0) is 15.1. The van der Waals surface area contributed by atoms with Crippen LogP contribution in [0.3, 0.4) is 0 Å². The molecule has 1 saturated carbocycles. The van der Waals surface area contributed by atoms with Gasteiger partial charge in [0.2, 0.25) is 0 Å². The van der Waals surface area contributed by atoms with E-state index in [0.717, 1.165) is 18.0 Å². The quantitative estimate of drug-likeness (QED) is 0.862. The molecule has 0 atom stereocenters. The maximum absolute atomic E-state index is 8.88. The van der Waals surface area contributed by atoms with Crippen LogP contribution in [0.5, 0.6) is 0 Å². The Bertz CT molecular complexity index is 499. The van der Waals surface area contributed by atoms with Gasteiger partial charge >= 0.3 is 0 Å². The van der Waals surface area contributed by atoms with Crippen molar-refractivity contribution in [2.45, 2.75) is 52.0 Å². The molecular weight excluding hydrogens is 256 g/mol. The summed E-state index contributed by atoms with van der Waals surface area (Å²) in [6, 6.07) is 10.6. The molecule has 0 unspecified atom stereocenters. The van der Waals surface area contributed by atoms with Gasteiger partial charge in [0, 0.05) is 12.6 Å². The highest BCUT2D eigenvalue weighted by Crippen LogP contribution is 2.30. The van der Waals surface area contributed by atoms with Crippen LogP contribution in [0.1, 0.15) is 57.1 Å². The first-order valence-corrected chi connectivity index (χ1v) is 8.13. The number of hydrogen-bond donors (Lipinski definition) is 1. The molecule has 2 heteroatoms. The molecule has 112 valence electrons. The van der Waals surface area contributed by atoms with Crippen LogP contribution in [0.25, 0.3) is 6.08 Å². The second-order valence-corrected chi connectivity index (χ2v) is 6.32. The Morgan fingerprint density at radius 2 is 1.90 bits per heavy atom. The molecule has 1 aromatic carbocycles. The molecule has 1 aliphatic carbocycles. The predicted octanol–water partition coefficient (Wildman–Crippen LogP) is 4.52. The van der Waals surface area contributed by atoms with Gasteiger partial charge in [-0.15, -0.1) is 0 Å². The lowest BCUT2D eigenvalue weighted by atomic mass is 9.83. The Morgan fingerprint density at radius 3 is 2.48 bits per heavy atom. The van der Waals surface area contributed by atoms with Gasteiger partial charge in [0.15, 0.2) is 0 Å². The maximum atomic E-state index is 8.88. The fraction of sp³-hybridized carbons (Fsp3) is 0.526. The first-order valence-electron chi connectivity index (χ1n) is 8.13. The molecule has 0 spiro atoms. The summed E-state index contributed by atoms with van der Waals surface area (Å²) < 4.78 is 0. The molecule has 1 aromatic rings. The summed E-state index contributed by atoms with van der Waals surface area (Å²) in [5.41, 5.74) is 3.46. The summed E-state index contributed by atoms with van der Waals surface area (Å²) in [6.07, 6.45) is 9.07. The average Bonchev–Trinajstić information content (AvgIpc) is 2.52. The van der Waals surface area contributed by atoms with Gasteiger partial charge in [-0.25, -0.2) is 0 Å². The van der Waals surface area contributed by atoms with Crippen molar-refractivity contribution < 1.29 is 0 Å². The van der Waals surface area contributed by atoms with E-state index in [9.17, 15) is 0 Å². The molecule has 2 nitrogen and oxygen atoms in total. The summed E-state index contributed by atoms with van der Waals surface area (Å²) in [5.74, 6) is 0.723. The normalized spacial score (nSPS) is 17.0. The van der Waals surface area contributed by atoms with Crippen molar-refractivity contribution in [2.75, 3.05) is 6.54 Å². The molecule has 2 rings (SSSR count). The Morgan fingerprint density at radius 1 is 1.24 bits per heavy atom. The smallest absolute Gasteiger partial charge is 0.0991 e. The van der Waals surface area contributed by atoms with E-state index in [1.165, 1.54) is 43.2 Å². The van der Waals surface area contributed by atoms with Gasteiger partial charge in [-0.05, 0) is 36.5 Å².